The Morgan fingerprint density at radius 1 is 0.865 bits per heavy atom. The molecule has 3 aromatic carbocycles. The zero-order chi connectivity index (χ0) is 24.9. The van der Waals surface area contributed by atoms with Crippen molar-refractivity contribution in [2.24, 2.45) is 0 Å². The molecule has 8 heteroatoms. The smallest absolute Gasteiger partial charge is 0.218 e. The van der Waals surface area contributed by atoms with E-state index in [0.29, 0.717) is 17.4 Å². The molecule has 7 nitrogen and oxygen atoms in total. The Balaban J connectivity index is 1.42. The number of thiazole rings is 1. The predicted octanol–water partition coefficient (Wildman–Crippen LogP) is 7.03. The fourth-order valence-electron chi connectivity index (χ4n) is 4.38. The van der Waals surface area contributed by atoms with Crippen LogP contribution >= 0.6 is 11.3 Å². The average Bonchev–Trinajstić information content (AvgIpc) is 3.67. The molecule has 7 rings (SSSR count). The van der Waals surface area contributed by atoms with Crippen molar-refractivity contribution in [3.05, 3.63) is 96.3 Å². The number of aryl methyl sites for hydroxylation is 2. The Hall–Kier alpha value is -4.69. The third-order valence-electron chi connectivity index (χ3n) is 6.49. The van der Waals surface area contributed by atoms with Gasteiger partial charge in [-0.05, 0) is 49.2 Å². The Bertz CT molecular complexity index is 1890. The quantitative estimate of drug-likeness (QED) is 0.258. The topological polar surface area (TPSA) is 82.5 Å². The van der Waals surface area contributed by atoms with Crippen molar-refractivity contribution in [1.82, 2.24) is 29.9 Å². The minimum absolute atomic E-state index is 0.494. The van der Waals surface area contributed by atoms with Gasteiger partial charge in [0.2, 0.25) is 5.82 Å². The van der Waals surface area contributed by atoms with Crippen molar-refractivity contribution >= 4 is 33.2 Å². The highest BCUT2D eigenvalue weighted by Crippen LogP contribution is 2.36. The molecule has 37 heavy (non-hydrogen) atoms. The van der Waals surface area contributed by atoms with Gasteiger partial charge in [-0.25, -0.2) is 14.6 Å². The molecule has 7 aromatic rings. The average molecular weight is 501 g/mol. The van der Waals surface area contributed by atoms with E-state index < -0.39 is 0 Å². The van der Waals surface area contributed by atoms with Gasteiger partial charge < -0.3 is 4.42 Å². The molecule has 0 fully saturated rings. The number of benzene rings is 3. The van der Waals surface area contributed by atoms with Crippen LogP contribution in [-0.4, -0.2) is 29.9 Å². The second-order valence-electron chi connectivity index (χ2n) is 8.89. The molecule has 0 aliphatic heterocycles. The van der Waals surface area contributed by atoms with Gasteiger partial charge in [0.1, 0.15) is 10.6 Å². The maximum Gasteiger partial charge on any atom is 0.218 e. The van der Waals surface area contributed by atoms with Crippen LogP contribution in [0.2, 0.25) is 0 Å². The number of hydrogen-bond acceptors (Lipinski definition) is 7. The fourth-order valence-corrected chi connectivity index (χ4v) is 5.27. The molecule has 0 aliphatic rings. The molecule has 178 valence electrons. The summed E-state index contributed by atoms with van der Waals surface area (Å²) in [5, 5.41) is 16.3. The van der Waals surface area contributed by atoms with Crippen LogP contribution in [0.4, 0.5) is 0 Å². The van der Waals surface area contributed by atoms with E-state index in [1.165, 1.54) is 11.1 Å². The predicted molar refractivity (Wildman–Crippen MR) is 146 cm³/mol. The molecule has 4 aromatic heterocycles. The third kappa shape index (κ3) is 3.70. The van der Waals surface area contributed by atoms with E-state index >= 15 is 0 Å². The second kappa shape index (κ2) is 8.46. The molecular formula is C29H20N6OS. The summed E-state index contributed by atoms with van der Waals surface area (Å²) in [5.74, 6) is 1.76. The monoisotopic (exact) mass is 500 g/mol. The maximum atomic E-state index is 6.10. The Kier molecular flexibility index (Phi) is 4.93. The zero-order valence-corrected chi connectivity index (χ0v) is 20.9. The number of nitrogens with zero attached hydrogens (tertiary/aromatic N) is 6. The number of fused-ring (bicyclic) bond motifs is 2. The highest BCUT2D eigenvalue weighted by molar-refractivity contribution is 7.18. The van der Waals surface area contributed by atoms with Crippen molar-refractivity contribution in [3.63, 3.8) is 0 Å². The van der Waals surface area contributed by atoms with Gasteiger partial charge in [0, 0.05) is 22.5 Å². The van der Waals surface area contributed by atoms with E-state index in [9.17, 15) is 0 Å². The summed E-state index contributed by atoms with van der Waals surface area (Å²) < 4.78 is 7.92. The molecule has 0 atom stereocenters. The lowest BCUT2D eigenvalue weighted by Gasteiger charge is -2.07. The van der Waals surface area contributed by atoms with E-state index in [2.05, 4.69) is 42.2 Å². The summed E-state index contributed by atoms with van der Waals surface area (Å²) in [7, 11) is 0. The Labute approximate surface area is 216 Å². The van der Waals surface area contributed by atoms with Crippen molar-refractivity contribution < 1.29 is 4.42 Å². The highest BCUT2D eigenvalue weighted by atomic mass is 32.1. The minimum Gasteiger partial charge on any atom is -0.453 e. The number of aromatic nitrogens is 6. The summed E-state index contributed by atoms with van der Waals surface area (Å²) in [6.07, 6.45) is 3.57. The van der Waals surface area contributed by atoms with Crippen molar-refractivity contribution in [3.8, 4) is 38.5 Å². The van der Waals surface area contributed by atoms with Gasteiger partial charge in [-0.2, -0.15) is 10.2 Å². The second-order valence-corrected chi connectivity index (χ2v) is 9.93. The summed E-state index contributed by atoms with van der Waals surface area (Å²) >= 11 is 1.58. The van der Waals surface area contributed by atoms with Crippen LogP contribution in [0.5, 0.6) is 0 Å². The van der Waals surface area contributed by atoms with Crippen LogP contribution in [-0.2, 0) is 0 Å². The van der Waals surface area contributed by atoms with Crippen LogP contribution in [0.25, 0.3) is 60.4 Å². The van der Waals surface area contributed by atoms with Crippen LogP contribution in [0, 0.1) is 13.8 Å². The maximum absolute atomic E-state index is 6.10. The van der Waals surface area contributed by atoms with Gasteiger partial charge in [0.05, 0.1) is 22.3 Å². The molecule has 0 saturated carbocycles. The lowest BCUT2D eigenvalue weighted by atomic mass is 10.1. The molecule has 0 aliphatic carbocycles. The molecule has 0 radical (unpaired) electrons. The van der Waals surface area contributed by atoms with Gasteiger partial charge in [0.15, 0.2) is 11.6 Å². The molecule has 4 heterocycles. The lowest BCUT2D eigenvalue weighted by molar-refractivity contribution is 0.624. The van der Waals surface area contributed by atoms with Crippen molar-refractivity contribution in [1.29, 1.82) is 0 Å². The Morgan fingerprint density at radius 2 is 1.73 bits per heavy atom. The van der Waals surface area contributed by atoms with Crippen LogP contribution in [0.3, 0.4) is 0 Å². The highest BCUT2D eigenvalue weighted by Gasteiger charge is 2.21. The Morgan fingerprint density at radius 3 is 2.62 bits per heavy atom. The first-order valence-electron chi connectivity index (χ1n) is 11.8. The van der Waals surface area contributed by atoms with Crippen LogP contribution < -0.4 is 0 Å². The number of para-hydroxylation sites is 1. The molecule has 0 N–H and O–H groups in total. The summed E-state index contributed by atoms with van der Waals surface area (Å²) in [6, 6.07) is 24.1. The van der Waals surface area contributed by atoms with E-state index in [0.717, 1.165) is 43.0 Å². The van der Waals surface area contributed by atoms with Gasteiger partial charge >= 0.3 is 0 Å². The first kappa shape index (κ1) is 21.6. The fraction of sp³-hybridized carbons (Fsp3) is 0.0690. The number of furan rings is 1. The van der Waals surface area contributed by atoms with E-state index in [4.69, 9.17) is 19.5 Å². The van der Waals surface area contributed by atoms with Crippen LogP contribution in [0.1, 0.15) is 11.1 Å². The van der Waals surface area contributed by atoms with Gasteiger partial charge in [-0.15, -0.1) is 16.4 Å². The SMILES string of the molecule is Cc1ccc(-c2ncc(-c3nc(-c4cc5ccccc5o4)nn3-c3cnnc4ccccc34)s2)cc1C. The summed E-state index contributed by atoms with van der Waals surface area (Å²) in [5.41, 5.74) is 5.94. The minimum atomic E-state index is 0.494. The standard InChI is InChI=1S/C29H20N6OS/c1-17-11-12-20(13-18(17)2)29-30-16-26(37-29)28-32-27(25-14-19-7-3-6-10-24(19)36-25)34-35(28)23-15-31-33-22-9-5-4-8-21(22)23/h3-16H,1-2H3. The number of rotatable bonds is 4. The first-order chi connectivity index (χ1) is 18.1. The van der Waals surface area contributed by atoms with E-state index in [-0.39, 0.29) is 0 Å². The van der Waals surface area contributed by atoms with Gasteiger partial charge in [-0.3, -0.25) is 0 Å². The molecule has 0 bridgehead atoms. The van der Waals surface area contributed by atoms with Gasteiger partial charge in [0.25, 0.3) is 0 Å². The summed E-state index contributed by atoms with van der Waals surface area (Å²) in [6.45, 7) is 4.23. The van der Waals surface area contributed by atoms with Crippen molar-refractivity contribution in [2.75, 3.05) is 0 Å². The van der Waals surface area contributed by atoms with E-state index in [1.54, 1.807) is 17.5 Å². The number of hydrogen-bond donors (Lipinski definition) is 0. The van der Waals surface area contributed by atoms with Crippen molar-refractivity contribution in [2.45, 2.75) is 13.8 Å². The third-order valence-corrected chi connectivity index (χ3v) is 7.53. The van der Waals surface area contributed by atoms with Gasteiger partial charge in [-0.1, -0.05) is 48.5 Å². The lowest BCUT2D eigenvalue weighted by Crippen LogP contribution is -2.02. The van der Waals surface area contributed by atoms with E-state index in [1.807, 2.05) is 65.5 Å². The molecule has 0 amide bonds. The molecular weight excluding hydrogens is 480 g/mol. The first-order valence-corrected chi connectivity index (χ1v) is 12.7. The molecule has 0 spiro atoms. The zero-order valence-electron chi connectivity index (χ0n) is 20.1. The molecule has 0 unspecified atom stereocenters. The largest absolute Gasteiger partial charge is 0.453 e. The normalized spacial score (nSPS) is 11.5. The summed E-state index contributed by atoms with van der Waals surface area (Å²) in [4.78, 5) is 10.6. The van der Waals surface area contributed by atoms with Crippen LogP contribution in [0.15, 0.2) is 89.6 Å². The molecule has 0 saturated heterocycles.